The molecular weight excluding hydrogens is 248 g/mol. The van der Waals surface area contributed by atoms with E-state index >= 15 is 0 Å². The lowest BCUT2D eigenvalue weighted by Crippen LogP contribution is -2.35. The van der Waals surface area contributed by atoms with Crippen LogP contribution < -0.4 is 10.5 Å². The number of hydrogen-bond donors (Lipinski definition) is 1. The first kappa shape index (κ1) is 15.2. The van der Waals surface area contributed by atoms with E-state index < -0.39 is 0 Å². The molecule has 0 aromatic heterocycles. The molecule has 2 rings (SSSR count). The van der Waals surface area contributed by atoms with Gasteiger partial charge in [-0.15, -0.1) is 0 Å². The van der Waals surface area contributed by atoms with Gasteiger partial charge in [0.2, 0.25) is 0 Å². The van der Waals surface area contributed by atoms with E-state index in [1.54, 1.807) is 0 Å². The van der Waals surface area contributed by atoms with Gasteiger partial charge in [-0.05, 0) is 55.8 Å². The predicted octanol–water partition coefficient (Wildman–Crippen LogP) is 3.33. The fourth-order valence-electron chi connectivity index (χ4n) is 2.87. The van der Waals surface area contributed by atoms with Crippen LogP contribution in [-0.2, 0) is 6.42 Å². The van der Waals surface area contributed by atoms with E-state index in [4.69, 9.17) is 10.5 Å². The standard InChI is InChI=1S/C17H28N2O/c1-3-11-20-17-7-6-15(12-16(17)18)8-10-19-9-4-5-14(2)13-19/h6-7,12,14H,3-5,8-11,13,18H2,1-2H3. The van der Waals surface area contributed by atoms with Crippen molar-refractivity contribution in [2.45, 2.75) is 39.5 Å². The van der Waals surface area contributed by atoms with Gasteiger partial charge in [-0.25, -0.2) is 0 Å². The number of ether oxygens (including phenoxy) is 1. The zero-order valence-corrected chi connectivity index (χ0v) is 12.9. The lowest BCUT2D eigenvalue weighted by atomic mass is 10.00. The minimum atomic E-state index is 0.731. The zero-order chi connectivity index (χ0) is 14.4. The number of hydrogen-bond acceptors (Lipinski definition) is 3. The molecule has 0 radical (unpaired) electrons. The second-order valence-corrected chi connectivity index (χ2v) is 6.02. The van der Waals surface area contributed by atoms with Crippen molar-refractivity contribution in [1.82, 2.24) is 4.90 Å². The Hall–Kier alpha value is -1.22. The highest BCUT2D eigenvalue weighted by Crippen LogP contribution is 2.23. The molecular formula is C17H28N2O. The van der Waals surface area contributed by atoms with Crippen molar-refractivity contribution in [1.29, 1.82) is 0 Å². The van der Waals surface area contributed by atoms with Crippen LogP contribution in [0.15, 0.2) is 18.2 Å². The number of likely N-dealkylation sites (tertiary alicyclic amines) is 1. The maximum atomic E-state index is 6.05. The van der Waals surface area contributed by atoms with Gasteiger partial charge in [0.15, 0.2) is 0 Å². The van der Waals surface area contributed by atoms with Crippen LogP contribution in [0, 0.1) is 5.92 Å². The van der Waals surface area contributed by atoms with Crippen molar-refractivity contribution in [3.05, 3.63) is 23.8 Å². The molecule has 20 heavy (non-hydrogen) atoms. The van der Waals surface area contributed by atoms with Crippen LogP contribution in [-0.4, -0.2) is 31.1 Å². The van der Waals surface area contributed by atoms with Crippen molar-refractivity contribution in [3.63, 3.8) is 0 Å². The molecule has 1 heterocycles. The number of nitrogens with two attached hydrogens (primary N) is 1. The summed E-state index contributed by atoms with van der Waals surface area (Å²) in [6, 6.07) is 6.23. The molecule has 0 spiro atoms. The molecule has 1 aliphatic rings. The van der Waals surface area contributed by atoms with Crippen molar-refractivity contribution in [2.75, 3.05) is 32.0 Å². The van der Waals surface area contributed by atoms with Crippen molar-refractivity contribution in [3.8, 4) is 5.75 Å². The molecule has 3 nitrogen and oxygen atoms in total. The Kier molecular flexibility index (Phi) is 5.72. The summed E-state index contributed by atoms with van der Waals surface area (Å²) in [5.74, 6) is 1.67. The van der Waals surface area contributed by atoms with Crippen LogP contribution in [0.1, 0.15) is 38.7 Å². The molecule has 0 amide bonds. The monoisotopic (exact) mass is 276 g/mol. The Morgan fingerprint density at radius 2 is 2.25 bits per heavy atom. The molecule has 0 aliphatic carbocycles. The van der Waals surface area contributed by atoms with Crippen LogP contribution in [0.3, 0.4) is 0 Å². The SMILES string of the molecule is CCCOc1ccc(CCN2CCCC(C)C2)cc1N. The molecule has 1 unspecified atom stereocenters. The van der Waals surface area contributed by atoms with Gasteiger partial charge in [0, 0.05) is 13.1 Å². The number of nitrogen functional groups attached to an aromatic ring is 1. The first-order valence-corrected chi connectivity index (χ1v) is 7.92. The highest BCUT2D eigenvalue weighted by Gasteiger charge is 2.15. The van der Waals surface area contributed by atoms with Gasteiger partial charge in [-0.2, -0.15) is 0 Å². The van der Waals surface area contributed by atoms with Gasteiger partial charge >= 0.3 is 0 Å². The van der Waals surface area contributed by atoms with Crippen molar-refractivity contribution < 1.29 is 4.74 Å². The Labute approximate surface area is 123 Å². The average Bonchev–Trinajstić information content (AvgIpc) is 2.44. The van der Waals surface area contributed by atoms with Crippen LogP contribution >= 0.6 is 0 Å². The van der Waals surface area contributed by atoms with Crippen molar-refractivity contribution >= 4 is 5.69 Å². The lowest BCUT2D eigenvalue weighted by molar-refractivity contribution is 0.186. The molecule has 1 aromatic carbocycles. The van der Waals surface area contributed by atoms with Gasteiger partial charge in [0.1, 0.15) is 5.75 Å². The Bertz CT molecular complexity index is 419. The van der Waals surface area contributed by atoms with Crippen molar-refractivity contribution in [2.24, 2.45) is 5.92 Å². The third-order valence-corrected chi connectivity index (χ3v) is 3.99. The summed E-state index contributed by atoms with van der Waals surface area (Å²) in [5.41, 5.74) is 8.13. The molecule has 2 N–H and O–H groups in total. The maximum absolute atomic E-state index is 6.05. The maximum Gasteiger partial charge on any atom is 0.142 e. The minimum Gasteiger partial charge on any atom is -0.491 e. The zero-order valence-electron chi connectivity index (χ0n) is 12.9. The molecule has 112 valence electrons. The van der Waals surface area contributed by atoms with E-state index in [1.807, 2.05) is 6.07 Å². The number of benzene rings is 1. The van der Waals surface area contributed by atoms with Crippen LogP contribution in [0.4, 0.5) is 5.69 Å². The van der Waals surface area contributed by atoms with Crippen LogP contribution in [0.5, 0.6) is 5.75 Å². The molecule has 1 atom stereocenters. The van der Waals surface area contributed by atoms with E-state index in [2.05, 4.69) is 30.9 Å². The van der Waals surface area contributed by atoms with E-state index in [0.29, 0.717) is 0 Å². The molecule has 1 aromatic rings. The average molecular weight is 276 g/mol. The van der Waals surface area contributed by atoms with E-state index in [1.165, 1.54) is 31.5 Å². The highest BCUT2D eigenvalue weighted by molar-refractivity contribution is 5.54. The summed E-state index contributed by atoms with van der Waals surface area (Å²) >= 11 is 0. The van der Waals surface area contributed by atoms with E-state index in [-0.39, 0.29) is 0 Å². The largest absolute Gasteiger partial charge is 0.491 e. The number of piperidine rings is 1. The molecule has 0 saturated carbocycles. The molecule has 1 aliphatic heterocycles. The van der Waals surface area contributed by atoms with E-state index in [9.17, 15) is 0 Å². The third kappa shape index (κ3) is 4.41. The Morgan fingerprint density at radius 3 is 2.95 bits per heavy atom. The fraction of sp³-hybridized carbons (Fsp3) is 0.647. The molecule has 3 heteroatoms. The second-order valence-electron chi connectivity index (χ2n) is 6.02. The molecule has 0 bridgehead atoms. The Morgan fingerprint density at radius 1 is 1.40 bits per heavy atom. The summed E-state index contributed by atoms with van der Waals surface area (Å²) in [6.07, 6.45) is 4.80. The minimum absolute atomic E-state index is 0.731. The first-order chi connectivity index (χ1) is 9.69. The lowest BCUT2D eigenvalue weighted by Gasteiger charge is -2.30. The van der Waals surface area contributed by atoms with Gasteiger partial charge in [-0.3, -0.25) is 0 Å². The van der Waals surface area contributed by atoms with E-state index in [0.717, 1.165) is 43.3 Å². The predicted molar refractivity (Wildman–Crippen MR) is 85.2 cm³/mol. The Balaban J connectivity index is 1.85. The topological polar surface area (TPSA) is 38.5 Å². The third-order valence-electron chi connectivity index (χ3n) is 3.99. The van der Waals surface area contributed by atoms with Crippen LogP contribution in [0.25, 0.3) is 0 Å². The normalized spacial score (nSPS) is 20.0. The summed E-state index contributed by atoms with van der Waals surface area (Å²) < 4.78 is 5.61. The first-order valence-electron chi connectivity index (χ1n) is 7.92. The molecule has 1 fully saturated rings. The summed E-state index contributed by atoms with van der Waals surface area (Å²) in [7, 11) is 0. The summed E-state index contributed by atoms with van der Waals surface area (Å²) in [4.78, 5) is 2.58. The quantitative estimate of drug-likeness (QED) is 0.810. The van der Waals surface area contributed by atoms with Gasteiger partial charge in [-0.1, -0.05) is 19.9 Å². The number of anilines is 1. The van der Waals surface area contributed by atoms with Gasteiger partial charge < -0.3 is 15.4 Å². The molecule has 1 saturated heterocycles. The highest BCUT2D eigenvalue weighted by atomic mass is 16.5. The van der Waals surface area contributed by atoms with Crippen LogP contribution in [0.2, 0.25) is 0 Å². The fourth-order valence-corrected chi connectivity index (χ4v) is 2.87. The number of rotatable bonds is 6. The number of nitrogens with zero attached hydrogens (tertiary/aromatic N) is 1. The van der Waals surface area contributed by atoms with Gasteiger partial charge in [0.25, 0.3) is 0 Å². The second kappa shape index (κ2) is 7.53. The van der Waals surface area contributed by atoms with Gasteiger partial charge in [0.05, 0.1) is 12.3 Å². The smallest absolute Gasteiger partial charge is 0.142 e. The summed E-state index contributed by atoms with van der Waals surface area (Å²) in [6.45, 7) is 8.81. The summed E-state index contributed by atoms with van der Waals surface area (Å²) in [5, 5.41) is 0.